The van der Waals surface area contributed by atoms with Gasteiger partial charge in [-0.15, -0.1) is 0 Å². The van der Waals surface area contributed by atoms with Crippen molar-refractivity contribution in [2.24, 2.45) is 0 Å². The Hall–Kier alpha value is -3.06. The fourth-order valence-electron chi connectivity index (χ4n) is 4.02. The lowest BCUT2D eigenvalue weighted by Crippen LogP contribution is -2.53. The van der Waals surface area contributed by atoms with Crippen LogP contribution in [0.15, 0.2) is 42.5 Å². The van der Waals surface area contributed by atoms with Crippen LogP contribution in [-0.4, -0.2) is 66.3 Å². The normalized spacial score (nSPS) is 14.3. The summed E-state index contributed by atoms with van der Waals surface area (Å²) in [4.78, 5) is 35.5. The zero-order chi connectivity index (χ0) is 20.4. The zero-order valence-corrected chi connectivity index (χ0v) is 16.9. The molecule has 2 aromatic carbocycles. The summed E-state index contributed by atoms with van der Waals surface area (Å²) in [6.07, 6.45) is 0.701. The van der Waals surface area contributed by atoms with Gasteiger partial charge in [0.25, 0.3) is 5.91 Å². The van der Waals surface area contributed by atoms with Crippen LogP contribution in [0.1, 0.15) is 23.7 Å². The first-order chi connectivity index (χ1) is 14.2. The maximum atomic E-state index is 13.6. The monoisotopic (exact) mass is 394 g/mol. The van der Waals surface area contributed by atoms with Crippen LogP contribution in [0.2, 0.25) is 0 Å². The van der Waals surface area contributed by atoms with E-state index in [1.807, 2.05) is 43.3 Å². The minimum atomic E-state index is -0.290. The van der Waals surface area contributed by atoms with Crippen molar-refractivity contribution in [1.82, 2.24) is 19.8 Å². The van der Waals surface area contributed by atoms with Crippen LogP contribution >= 0.6 is 0 Å². The van der Waals surface area contributed by atoms with Crippen LogP contribution in [0.4, 0.5) is 4.79 Å². The number of rotatable bonds is 4. The van der Waals surface area contributed by atoms with Crippen LogP contribution in [0.25, 0.3) is 21.8 Å². The predicted octanol–water partition coefficient (Wildman–Crippen LogP) is 2.73. The first-order valence-corrected chi connectivity index (χ1v) is 10.1. The molecule has 0 atom stereocenters. The molecule has 3 amide bonds. The maximum Gasteiger partial charge on any atom is 0.327 e. The number of carbonyl (C=O) groups is 2. The highest BCUT2D eigenvalue weighted by Crippen LogP contribution is 2.31. The first kappa shape index (κ1) is 19.3. The molecular formula is C22H26N4O3. The minimum absolute atomic E-state index is 0.226. The van der Waals surface area contributed by atoms with Gasteiger partial charge >= 0.3 is 6.03 Å². The molecule has 2 heterocycles. The van der Waals surface area contributed by atoms with E-state index in [4.69, 9.17) is 4.84 Å². The van der Waals surface area contributed by atoms with E-state index in [0.717, 1.165) is 29.4 Å². The van der Waals surface area contributed by atoms with Crippen molar-refractivity contribution in [2.75, 3.05) is 39.8 Å². The lowest BCUT2D eigenvalue weighted by atomic mass is 10.1. The summed E-state index contributed by atoms with van der Waals surface area (Å²) < 4.78 is 1.68. The number of hydrogen-bond donors (Lipinski definition) is 1. The number of carbonyl (C=O) groups excluding carboxylic acids is 2. The molecule has 1 aliphatic heterocycles. The van der Waals surface area contributed by atoms with Crippen molar-refractivity contribution in [3.8, 4) is 0 Å². The maximum absolute atomic E-state index is 13.6. The van der Waals surface area contributed by atoms with Crippen LogP contribution in [0.5, 0.6) is 0 Å². The number of piperazine rings is 1. The molecule has 0 radical (unpaired) electrons. The van der Waals surface area contributed by atoms with Crippen LogP contribution < -0.4 is 10.2 Å². The van der Waals surface area contributed by atoms with Crippen molar-refractivity contribution < 1.29 is 14.4 Å². The Morgan fingerprint density at radius 2 is 1.79 bits per heavy atom. The average molecular weight is 394 g/mol. The second-order valence-electron chi connectivity index (χ2n) is 7.17. The molecule has 7 heteroatoms. The van der Waals surface area contributed by atoms with Crippen LogP contribution in [0, 0.1) is 0 Å². The van der Waals surface area contributed by atoms with Gasteiger partial charge in [-0.25, -0.2) is 4.79 Å². The summed E-state index contributed by atoms with van der Waals surface area (Å²) in [6, 6.07) is 13.3. The Morgan fingerprint density at radius 3 is 2.52 bits per heavy atom. The van der Waals surface area contributed by atoms with Gasteiger partial charge in [-0.3, -0.25) is 9.69 Å². The van der Waals surface area contributed by atoms with Crippen molar-refractivity contribution in [1.29, 1.82) is 0 Å². The number of benzene rings is 2. The summed E-state index contributed by atoms with van der Waals surface area (Å²) >= 11 is 0. The summed E-state index contributed by atoms with van der Waals surface area (Å²) in [6.45, 7) is 5.05. The molecule has 1 saturated heterocycles. The minimum Gasteiger partial charge on any atom is -0.416 e. The number of urea groups is 1. The standard InChI is InChI=1S/C22H26N4O3/c1-3-13-25(22(28)24-14-11-23-12-15-24)21(27)18-9-6-8-17-16-7-4-5-10-19(16)26(29-2)20(17)18/h4-10,23H,3,11-15H2,1-2H3. The van der Waals surface area contributed by atoms with E-state index >= 15 is 0 Å². The van der Waals surface area contributed by atoms with Crippen molar-refractivity contribution in [3.05, 3.63) is 48.0 Å². The summed E-state index contributed by atoms with van der Waals surface area (Å²) in [5, 5.41) is 5.18. The number of nitrogens with zero attached hydrogens (tertiary/aromatic N) is 3. The molecule has 152 valence electrons. The number of hydrogen-bond acceptors (Lipinski definition) is 4. The van der Waals surface area contributed by atoms with Gasteiger partial charge in [0.1, 0.15) is 12.6 Å². The molecule has 29 heavy (non-hydrogen) atoms. The van der Waals surface area contributed by atoms with E-state index < -0.39 is 0 Å². The van der Waals surface area contributed by atoms with Gasteiger partial charge in [-0.1, -0.05) is 37.3 Å². The van der Waals surface area contributed by atoms with Gasteiger partial charge in [0.2, 0.25) is 0 Å². The smallest absolute Gasteiger partial charge is 0.327 e. The molecule has 0 bridgehead atoms. The molecule has 0 unspecified atom stereocenters. The summed E-state index contributed by atoms with van der Waals surface area (Å²) in [5.74, 6) is -0.290. The first-order valence-electron chi connectivity index (χ1n) is 10.1. The Morgan fingerprint density at radius 1 is 1.07 bits per heavy atom. The number of nitrogens with one attached hydrogen (secondary N) is 1. The van der Waals surface area contributed by atoms with E-state index in [9.17, 15) is 9.59 Å². The Bertz CT molecular complexity index is 1050. The topological polar surface area (TPSA) is 66.8 Å². The molecule has 0 spiro atoms. The highest BCUT2D eigenvalue weighted by molar-refractivity contribution is 6.17. The van der Waals surface area contributed by atoms with Crippen molar-refractivity contribution in [3.63, 3.8) is 0 Å². The number of imide groups is 1. The van der Waals surface area contributed by atoms with Gasteiger partial charge < -0.3 is 15.1 Å². The SMILES string of the molecule is CCCN(C(=O)c1cccc2c3ccccc3n(OC)c12)C(=O)N1CCNCC1. The van der Waals surface area contributed by atoms with E-state index in [1.165, 1.54) is 4.90 Å². The van der Waals surface area contributed by atoms with E-state index in [0.29, 0.717) is 37.1 Å². The molecular weight excluding hydrogens is 368 g/mol. The fourth-order valence-corrected chi connectivity index (χ4v) is 4.02. The van der Waals surface area contributed by atoms with Gasteiger partial charge in [0, 0.05) is 43.5 Å². The van der Waals surface area contributed by atoms with E-state index in [-0.39, 0.29) is 11.9 Å². The lowest BCUT2D eigenvalue weighted by Gasteiger charge is -2.32. The van der Waals surface area contributed by atoms with Gasteiger partial charge in [0.15, 0.2) is 0 Å². The Balaban J connectivity index is 1.81. The van der Waals surface area contributed by atoms with Crippen molar-refractivity contribution in [2.45, 2.75) is 13.3 Å². The second-order valence-corrected chi connectivity index (χ2v) is 7.17. The molecule has 1 aliphatic rings. The molecule has 3 aromatic rings. The van der Waals surface area contributed by atoms with Gasteiger partial charge in [-0.05, 0) is 18.6 Å². The van der Waals surface area contributed by atoms with Crippen LogP contribution in [-0.2, 0) is 0 Å². The third-order valence-electron chi connectivity index (χ3n) is 5.38. The quantitative estimate of drug-likeness (QED) is 0.739. The van der Waals surface area contributed by atoms with Gasteiger partial charge in [0.05, 0.1) is 11.1 Å². The molecule has 7 nitrogen and oxygen atoms in total. The molecule has 1 N–H and O–H groups in total. The highest BCUT2D eigenvalue weighted by Gasteiger charge is 2.30. The predicted molar refractivity (Wildman–Crippen MR) is 113 cm³/mol. The lowest BCUT2D eigenvalue weighted by molar-refractivity contribution is 0.0752. The van der Waals surface area contributed by atoms with Crippen LogP contribution in [0.3, 0.4) is 0 Å². The fraction of sp³-hybridized carbons (Fsp3) is 0.364. The second kappa shape index (κ2) is 8.13. The number of aromatic nitrogens is 1. The summed E-state index contributed by atoms with van der Waals surface area (Å²) in [7, 11) is 1.59. The zero-order valence-electron chi connectivity index (χ0n) is 16.9. The van der Waals surface area contributed by atoms with Crippen molar-refractivity contribution >= 4 is 33.7 Å². The molecule has 0 aliphatic carbocycles. The third-order valence-corrected chi connectivity index (χ3v) is 5.38. The Kier molecular flexibility index (Phi) is 5.40. The average Bonchev–Trinajstić information content (AvgIpc) is 3.11. The number of fused-ring (bicyclic) bond motifs is 3. The van der Waals surface area contributed by atoms with Gasteiger partial charge in [-0.2, -0.15) is 4.73 Å². The number of para-hydroxylation sites is 2. The van der Waals surface area contributed by atoms with E-state index in [1.54, 1.807) is 22.8 Å². The molecule has 1 aromatic heterocycles. The molecule has 1 fully saturated rings. The Labute approximate surface area is 169 Å². The van der Waals surface area contributed by atoms with E-state index in [2.05, 4.69) is 5.32 Å². The largest absolute Gasteiger partial charge is 0.416 e. The highest BCUT2D eigenvalue weighted by atomic mass is 16.6. The number of amides is 3. The molecule has 0 saturated carbocycles. The summed E-state index contributed by atoms with van der Waals surface area (Å²) in [5.41, 5.74) is 2.05. The third kappa shape index (κ3) is 3.31. The molecule has 4 rings (SSSR count).